The van der Waals surface area contributed by atoms with E-state index in [2.05, 4.69) is 45.7 Å². The predicted octanol–water partition coefficient (Wildman–Crippen LogP) is -1.52. The normalized spacial score (nSPS) is 18.3. The van der Waals surface area contributed by atoms with Crippen LogP contribution < -0.4 is 27.2 Å². The smallest absolute Gasteiger partial charge is 0.222 e. The van der Waals surface area contributed by atoms with Crippen molar-refractivity contribution >= 4 is 22.7 Å². The molecule has 0 amide bonds. The third-order valence-electron chi connectivity index (χ3n) is 3.63. The number of rotatable bonds is 2. The van der Waals surface area contributed by atoms with Gasteiger partial charge in [-0.3, -0.25) is 0 Å². The SMILES string of the molecule is [O-][Cl+3]([O-])([O-])[O-].c1ccc(CC2CC[N+](=c3sccs3)CC2)cc1. The van der Waals surface area contributed by atoms with Gasteiger partial charge in [0.15, 0.2) is 0 Å². The highest BCUT2D eigenvalue weighted by molar-refractivity contribution is 7.24. The van der Waals surface area contributed by atoms with Crippen molar-refractivity contribution in [3.05, 3.63) is 50.6 Å². The van der Waals surface area contributed by atoms with Crippen LogP contribution in [0.1, 0.15) is 18.4 Å². The fraction of sp³-hybridized carbons (Fsp3) is 0.400. The Balaban J connectivity index is 0.000000338. The average Bonchev–Trinajstić information content (AvgIpc) is 3.02. The maximum atomic E-state index is 8.49. The molecule has 23 heavy (non-hydrogen) atoms. The molecule has 1 fully saturated rings. The van der Waals surface area contributed by atoms with Crippen LogP contribution in [0.3, 0.4) is 0 Å². The maximum Gasteiger partial charge on any atom is 0.313 e. The molecule has 1 aromatic carbocycles. The zero-order chi connectivity index (χ0) is 16.7. The first-order valence-corrected chi connectivity index (χ1v) is 10.2. The molecule has 0 radical (unpaired) electrons. The van der Waals surface area contributed by atoms with Crippen molar-refractivity contribution < 1.29 is 28.9 Å². The lowest BCUT2D eigenvalue weighted by Gasteiger charge is -2.20. The molecule has 2 heterocycles. The topological polar surface area (TPSA) is 95.2 Å². The minimum absolute atomic E-state index is 0.869. The largest absolute Gasteiger partial charge is 0.313 e. The highest BCUT2D eigenvalue weighted by Gasteiger charge is 2.22. The summed E-state index contributed by atoms with van der Waals surface area (Å²) in [6, 6.07) is 10.9. The van der Waals surface area contributed by atoms with Gasteiger partial charge in [-0.2, -0.15) is 0 Å². The summed E-state index contributed by atoms with van der Waals surface area (Å²) >= 11 is 3.76. The molecule has 8 heteroatoms. The van der Waals surface area contributed by atoms with Gasteiger partial charge in [-0.05, 0) is 17.9 Å². The number of hydrogen-bond acceptors (Lipinski definition) is 6. The molecule has 0 unspecified atom stereocenters. The number of benzene rings is 1. The van der Waals surface area contributed by atoms with Crippen LogP contribution in [0.25, 0.3) is 0 Å². The Bertz CT molecular complexity index is 618. The van der Waals surface area contributed by atoms with E-state index in [1.54, 1.807) is 0 Å². The van der Waals surface area contributed by atoms with Gasteiger partial charge in [0.2, 0.25) is 0 Å². The van der Waals surface area contributed by atoms with E-state index in [1.807, 2.05) is 22.7 Å². The van der Waals surface area contributed by atoms with Gasteiger partial charge in [0.05, 0.1) is 0 Å². The first kappa shape index (κ1) is 18.5. The Labute approximate surface area is 145 Å². The average molecular weight is 376 g/mol. The quantitative estimate of drug-likeness (QED) is 0.595. The van der Waals surface area contributed by atoms with Crippen LogP contribution in [0.4, 0.5) is 0 Å². The molecule has 1 saturated heterocycles. The van der Waals surface area contributed by atoms with Crippen LogP contribution >= 0.6 is 22.7 Å². The Kier molecular flexibility index (Phi) is 7.16. The van der Waals surface area contributed by atoms with Crippen molar-refractivity contribution in [1.82, 2.24) is 4.58 Å². The Morgan fingerprint density at radius 2 is 1.48 bits per heavy atom. The lowest BCUT2D eigenvalue weighted by molar-refractivity contribution is -2.00. The number of halogens is 1. The molecule has 1 aromatic heterocycles. The number of piperidine rings is 1. The molecule has 2 aromatic rings. The van der Waals surface area contributed by atoms with Gasteiger partial charge in [0.1, 0.15) is 13.1 Å². The molecular weight excluding hydrogens is 358 g/mol. The van der Waals surface area contributed by atoms with Crippen molar-refractivity contribution in [2.75, 3.05) is 13.1 Å². The van der Waals surface area contributed by atoms with E-state index in [1.165, 1.54) is 41.9 Å². The van der Waals surface area contributed by atoms with Gasteiger partial charge in [0, 0.05) is 23.6 Å². The van der Waals surface area contributed by atoms with Gasteiger partial charge in [-0.25, -0.2) is 23.2 Å². The van der Waals surface area contributed by atoms with E-state index in [-0.39, 0.29) is 0 Å². The molecule has 1 aliphatic rings. The summed E-state index contributed by atoms with van der Waals surface area (Å²) in [6.45, 7) is 2.46. The standard InChI is InChI=1S/C15H18NS2.ClHO4/c1-2-4-13(5-3-1)12-14-6-8-16(9-7-14)15-17-10-11-18-15;2-1(3,4)5/h1-5,10-11,14H,6-9,12H2;(H,2,3,4,5)/q+1;/p-1. The fourth-order valence-corrected chi connectivity index (χ4v) is 4.51. The van der Waals surface area contributed by atoms with Gasteiger partial charge >= 0.3 is 3.98 Å². The van der Waals surface area contributed by atoms with Gasteiger partial charge in [0.25, 0.3) is 0 Å². The summed E-state index contributed by atoms with van der Waals surface area (Å²) in [7, 11) is -4.94. The second-order valence-corrected chi connectivity index (χ2v) is 8.08. The minimum atomic E-state index is -4.94. The Morgan fingerprint density at radius 3 is 2.00 bits per heavy atom. The van der Waals surface area contributed by atoms with Gasteiger partial charge in [-0.1, -0.05) is 53.0 Å². The number of nitrogens with zero attached hydrogens (tertiary/aromatic N) is 1. The highest BCUT2D eigenvalue weighted by Crippen LogP contribution is 2.19. The molecule has 0 spiro atoms. The molecule has 126 valence electrons. The molecule has 0 atom stereocenters. The van der Waals surface area contributed by atoms with Crippen LogP contribution in [0.2, 0.25) is 0 Å². The molecule has 0 saturated carbocycles. The van der Waals surface area contributed by atoms with E-state index < -0.39 is 10.2 Å². The zero-order valence-corrected chi connectivity index (χ0v) is 14.8. The van der Waals surface area contributed by atoms with E-state index in [9.17, 15) is 0 Å². The van der Waals surface area contributed by atoms with Gasteiger partial charge < -0.3 is 0 Å². The van der Waals surface area contributed by atoms with Crippen LogP contribution in [0, 0.1) is 16.2 Å². The van der Waals surface area contributed by atoms with E-state index in [0.29, 0.717) is 0 Å². The Morgan fingerprint density at radius 1 is 0.957 bits per heavy atom. The molecular formula is C15H18ClNO4S2. The van der Waals surface area contributed by atoms with E-state index in [4.69, 9.17) is 18.6 Å². The summed E-state index contributed by atoms with van der Waals surface area (Å²) in [6.07, 6.45) is 3.92. The van der Waals surface area contributed by atoms with Crippen molar-refractivity contribution in [2.24, 2.45) is 5.92 Å². The highest BCUT2D eigenvalue weighted by atomic mass is 35.7. The van der Waals surface area contributed by atoms with Crippen LogP contribution in [0.5, 0.6) is 0 Å². The molecule has 3 rings (SSSR count). The van der Waals surface area contributed by atoms with E-state index >= 15 is 0 Å². The third kappa shape index (κ3) is 7.54. The van der Waals surface area contributed by atoms with Gasteiger partial charge in [-0.15, -0.1) is 10.2 Å². The summed E-state index contributed by atoms with van der Waals surface area (Å²) in [5, 5.41) is 4.38. The summed E-state index contributed by atoms with van der Waals surface area (Å²) < 4.78 is 38.0. The van der Waals surface area contributed by atoms with E-state index in [0.717, 1.165) is 5.92 Å². The lowest BCUT2D eigenvalue weighted by Crippen LogP contribution is -2.68. The summed E-state index contributed by atoms with van der Waals surface area (Å²) in [4.78, 5) is 0. The van der Waals surface area contributed by atoms with Crippen LogP contribution in [-0.2, 0) is 6.42 Å². The molecule has 0 bridgehead atoms. The predicted molar refractivity (Wildman–Crippen MR) is 80.1 cm³/mol. The van der Waals surface area contributed by atoms with Crippen molar-refractivity contribution in [2.45, 2.75) is 19.3 Å². The lowest BCUT2D eigenvalue weighted by atomic mass is 9.91. The second kappa shape index (κ2) is 8.89. The Hall–Kier alpha value is -0.800. The third-order valence-corrected chi connectivity index (χ3v) is 5.85. The summed E-state index contributed by atoms with van der Waals surface area (Å²) in [5.41, 5.74) is 1.50. The monoisotopic (exact) mass is 375 g/mol. The van der Waals surface area contributed by atoms with Crippen molar-refractivity contribution in [1.29, 1.82) is 0 Å². The van der Waals surface area contributed by atoms with Crippen LogP contribution in [-0.4, -0.2) is 13.1 Å². The first-order valence-electron chi connectivity index (χ1n) is 7.18. The first-order chi connectivity index (χ1) is 10.9. The molecule has 1 aliphatic heterocycles. The van der Waals surface area contributed by atoms with Crippen LogP contribution in [0.15, 0.2) is 41.1 Å². The zero-order valence-electron chi connectivity index (χ0n) is 12.4. The molecule has 0 aliphatic carbocycles. The second-order valence-electron chi connectivity index (χ2n) is 5.27. The van der Waals surface area contributed by atoms with Crippen molar-refractivity contribution in [3.8, 4) is 0 Å². The molecule has 0 N–H and O–H groups in total. The van der Waals surface area contributed by atoms with Crippen molar-refractivity contribution in [3.63, 3.8) is 0 Å². The fourth-order valence-electron chi connectivity index (χ4n) is 2.62. The summed E-state index contributed by atoms with van der Waals surface area (Å²) in [5.74, 6) is 0.869. The maximum absolute atomic E-state index is 8.49. The minimum Gasteiger partial charge on any atom is -0.222 e. The number of hydrogen-bond donors (Lipinski definition) is 0. The molecule has 5 nitrogen and oxygen atoms in total.